The van der Waals surface area contributed by atoms with E-state index < -0.39 is 0 Å². The molecule has 15 heavy (non-hydrogen) atoms. The monoisotopic (exact) mass is 224 g/mol. The van der Waals surface area contributed by atoms with E-state index in [0.29, 0.717) is 6.04 Å². The lowest BCUT2D eigenvalue weighted by molar-refractivity contribution is 0.112. The number of thiophene rings is 1. The van der Waals surface area contributed by atoms with Crippen LogP contribution in [0.1, 0.15) is 16.6 Å². The van der Waals surface area contributed by atoms with Crippen LogP contribution in [0.5, 0.6) is 0 Å². The molecule has 0 saturated carbocycles. The zero-order chi connectivity index (χ0) is 10.8. The van der Waals surface area contributed by atoms with Gasteiger partial charge in [-0.05, 0) is 26.1 Å². The van der Waals surface area contributed by atoms with Crippen LogP contribution in [0.15, 0.2) is 12.1 Å². The second-order valence-corrected chi connectivity index (χ2v) is 5.19. The van der Waals surface area contributed by atoms with Crippen molar-refractivity contribution < 1.29 is 4.79 Å². The summed E-state index contributed by atoms with van der Waals surface area (Å²) in [7, 11) is 2.15. The molecular formula is C11H16N2OS. The Morgan fingerprint density at radius 1 is 1.47 bits per heavy atom. The maximum absolute atomic E-state index is 10.6. The molecule has 0 aromatic carbocycles. The summed E-state index contributed by atoms with van der Waals surface area (Å²) in [4.78, 5) is 16.2. The smallest absolute Gasteiger partial charge is 0.160 e. The van der Waals surface area contributed by atoms with Crippen molar-refractivity contribution in [2.45, 2.75) is 13.0 Å². The van der Waals surface area contributed by atoms with Gasteiger partial charge in [0.1, 0.15) is 0 Å². The minimum absolute atomic E-state index is 0.530. The second kappa shape index (κ2) is 4.33. The molecule has 0 bridgehead atoms. The fourth-order valence-corrected chi connectivity index (χ4v) is 2.98. The van der Waals surface area contributed by atoms with Crippen LogP contribution in [0.2, 0.25) is 0 Å². The summed E-state index contributed by atoms with van der Waals surface area (Å²) in [5.41, 5.74) is 0. The molecule has 1 unspecified atom stereocenters. The van der Waals surface area contributed by atoms with Crippen LogP contribution in [0.3, 0.4) is 0 Å². The van der Waals surface area contributed by atoms with Crippen molar-refractivity contribution in [2.24, 2.45) is 0 Å². The van der Waals surface area contributed by atoms with Crippen molar-refractivity contribution in [1.29, 1.82) is 0 Å². The van der Waals surface area contributed by atoms with Gasteiger partial charge in [-0.3, -0.25) is 4.79 Å². The number of carbonyl (C=O) groups excluding carboxylic acids is 1. The fourth-order valence-electron chi connectivity index (χ4n) is 2.03. The van der Waals surface area contributed by atoms with Crippen molar-refractivity contribution >= 4 is 22.6 Å². The van der Waals surface area contributed by atoms with Crippen molar-refractivity contribution in [1.82, 2.24) is 4.90 Å². The molecule has 1 saturated heterocycles. The van der Waals surface area contributed by atoms with E-state index in [2.05, 4.69) is 29.8 Å². The highest BCUT2D eigenvalue weighted by atomic mass is 32.1. The molecule has 1 fully saturated rings. The zero-order valence-corrected chi connectivity index (χ0v) is 9.96. The van der Waals surface area contributed by atoms with Gasteiger partial charge in [-0.1, -0.05) is 0 Å². The Labute approximate surface area is 94.3 Å². The molecule has 0 N–H and O–H groups in total. The lowest BCUT2D eigenvalue weighted by Gasteiger charge is -2.38. The molecule has 1 aromatic rings. The van der Waals surface area contributed by atoms with Crippen molar-refractivity contribution in [3.63, 3.8) is 0 Å². The van der Waals surface area contributed by atoms with Crippen LogP contribution < -0.4 is 4.90 Å². The fraction of sp³-hybridized carbons (Fsp3) is 0.545. The molecule has 82 valence electrons. The predicted octanol–water partition coefficient (Wildman–Crippen LogP) is 1.70. The van der Waals surface area contributed by atoms with E-state index in [-0.39, 0.29) is 0 Å². The van der Waals surface area contributed by atoms with Gasteiger partial charge in [0.2, 0.25) is 0 Å². The number of piperazine rings is 1. The Kier molecular flexibility index (Phi) is 3.07. The number of rotatable bonds is 2. The Balaban J connectivity index is 2.12. The topological polar surface area (TPSA) is 23.6 Å². The Morgan fingerprint density at radius 2 is 2.27 bits per heavy atom. The van der Waals surface area contributed by atoms with Gasteiger partial charge in [0.05, 0.1) is 9.88 Å². The van der Waals surface area contributed by atoms with E-state index in [4.69, 9.17) is 0 Å². The molecule has 2 rings (SSSR count). The van der Waals surface area contributed by atoms with Crippen LogP contribution in [0.25, 0.3) is 0 Å². The highest BCUT2D eigenvalue weighted by Gasteiger charge is 2.22. The molecule has 0 amide bonds. The predicted molar refractivity (Wildman–Crippen MR) is 64.0 cm³/mol. The highest BCUT2D eigenvalue weighted by molar-refractivity contribution is 7.17. The Morgan fingerprint density at radius 3 is 2.87 bits per heavy atom. The summed E-state index contributed by atoms with van der Waals surface area (Å²) < 4.78 is 0. The number of aldehydes is 1. The quantitative estimate of drug-likeness (QED) is 0.714. The van der Waals surface area contributed by atoms with Gasteiger partial charge >= 0.3 is 0 Å². The number of hydrogen-bond acceptors (Lipinski definition) is 4. The lowest BCUT2D eigenvalue weighted by atomic mass is 10.2. The number of carbonyl (C=O) groups is 1. The summed E-state index contributed by atoms with van der Waals surface area (Å²) in [6.07, 6.45) is 0.926. The maximum Gasteiger partial charge on any atom is 0.160 e. The molecule has 1 aliphatic rings. The van der Waals surface area contributed by atoms with E-state index >= 15 is 0 Å². The van der Waals surface area contributed by atoms with Gasteiger partial charge in [0.25, 0.3) is 0 Å². The first-order valence-electron chi connectivity index (χ1n) is 5.21. The van der Waals surface area contributed by atoms with Crippen LogP contribution in [-0.2, 0) is 0 Å². The van der Waals surface area contributed by atoms with E-state index in [1.165, 1.54) is 5.00 Å². The minimum atomic E-state index is 0.530. The maximum atomic E-state index is 10.6. The van der Waals surface area contributed by atoms with Gasteiger partial charge in [-0.2, -0.15) is 0 Å². The summed E-state index contributed by atoms with van der Waals surface area (Å²) in [5, 5.41) is 1.22. The summed E-state index contributed by atoms with van der Waals surface area (Å²) in [6.45, 7) is 5.47. The first-order valence-corrected chi connectivity index (χ1v) is 6.02. The van der Waals surface area contributed by atoms with Crippen molar-refractivity contribution in [3.8, 4) is 0 Å². The van der Waals surface area contributed by atoms with Crippen LogP contribution in [0.4, 0.5) is 5.00 Å². The van der Waals surface area contributed by atoms with Crippen LogP contribution in [0, 0.1) is 0 Å². The zero-order valence-electron chi connectivity index (χ0n) is 9.14. The third kappa shape index (κ3) is 2.21. The molecule has 3 nitrogen and oxygen atoms in total. The average molecular weight is 224 g/mol. The molecule has 1 atom stereocenters. The van der Waals surface area contributed by atoms with Gasteiger partial charge in [-0.25, -0.2) is 0 Å². The SMILES string of the molecule is CC1CN(C)CCN1c1ccc(C=O)s1. The third-order valence-electron chi connectivity index (χ3n) is 2.84. The van der Waals surface area contributed by atoms with E-state index in [9.17, 15) is 4.79 Å². The molecule has 1 aliphatic heterocycles. The van der Waals surface area contributed by atoms with Crippen LogP contribution >= 0.6 is 11.3 Å². The van der Waals surface area contributed by atoms with Gasteiger partial charge in [0, 0.05) is 25.7 Å². The van der Waals surface area contributed by atoms with Gasteiger partial charge in [-0.15, -0.1) is 11.3 Å². The number of hydrogen-bond donors (Lipinski definition) is 0. The van der Waals surface area contributed by atoms with Crippen molar-refractivity contribution in [3.05, 3.63) is 17.0 Å². The van der Waals surface area contributed by atoms with E-state index in [0.717, 1.165) is 30.8 Å². The van der Waals surface area contributed by atoms with E-state index in [1.54, 1.807) is 11.3 Å². The molecule has 0 radical (unpaired) electrons. The Bertz CT molecular complexity index is 350. The Hall–Kier alpha value is -0.870. The highest BCUT2D eigenvalue weighted by Crippen LogP contribution is 2.27. The average Bonchev–Trinajstić information content (AvgIpc) is 2.66. The van der Waals surface area contributed by atoms with Gasteiger partial charge in [0.15, 0.2) is 6.29 Å². The normalized spacial score (nSPS) is 23.1. The molecule has 0 aliphatic carbocycles. The lowest BCUT2D eigenvalue weighted by Crippen LogP contribution is -2.50. The summed E-state index contributed by atoms with van der Waals surface area (Å²) in [6, 6.07) is 4.48. The van der Waals surface area contributed by atoms with Crippen molar-refractivity contribution in [2.75, 3.05) is 31.6 Å². The standard InChI is InChI=1S/C11H16N2OS/c1-9-7-12(2)5-6-13(9)11-4-3-10(8-14)15-11/h3-4,8-9H,5-7H2,1-2H3. The first-order chi connectivity index (χ1) is 7.20. The summed E-state index contributed by atoms with van der Waals surface area (Å²) >= 11 is 1.58. The summed E-state index contributed by atoms with van der Waals surface area (Å²) in [5.74, 6) is 0. The van der Waals surface area contributed by atoms with E-state index in [1.807, 2.05) is 6.07 Å². The molecule has 2 heterocycles. The number of likely N-dealkylation sites (N-methyl/N-ethyl adjacent to an activating group) is 1. The number of anilines is 1. The molecule has 0 spiro atoms. The second-order valence-electron chi connectivity index (χ2n) is 4.10. The molecule has 1 aromatic heterocycles. The van der Waals surface area contributed by atoms with Crippen LogP contribution in [-0.4, -0.2) is 43.9 Å². The molecular weight excluding hydrogens is 208 g/mol. The molecule has 4 heteroatoms. The third-order valence-corrected chi connectivity index (χ3v) is 3.89. The minimum Gasteiger partial charge on any atom is -0.358 e. The number of nitrogens with zero attached hydrogens (tertiary/aromatic N) is 2. The van der Waals surface area contributed by atoms with Gasteiger partial charge < -0.3 is 9.80 Å². The largest absolute Gasteiger partial charge is 0.358 e. The first kappa shape index (κ1) is 10.6.